The second-order valence-electron chi connectivity index (χ2n) is 7.24. The van der Waals surface area contributed by atoms with Gasteiger partial charge in [0.2, 0.25) is 5.91 Å². The molecule has 1 aromatic carbocycles. The van der Waals surface area contributed by atoms with Crippen molar-refractivity contribution in [2.45, 2.75) is 26.7 Å². The Balaban J connectivity index is 1.42. The molecule has 0 aliphatic carbocycles. The number of rotatable bonds is 5. The number of H-pyrrole nitrogens is 1. The Morgan fingerprint density at radius 3 is 2.77 bits per heavy atom. The number of benzene rings is 1. The zero-order chi connectivity index (χ0) is 21.3. The standard InChI is InChI=1S/C20H23FN6O3/c1-12-15(19(29)27-20(22-12)23-13(2)25-27)4-6-18(28)24-14-3-5-17(16(21)11-14)26-7-9-30-10-8-26/h3,5,11H,4,6-10H2,1-2H3,(H,24,28)(H,22,23,25). The minimum atomic E-state index is -0.395. The number of nitrogens with zero attached hydrogens (tertiary/aromatic N) is 4. The number of carbonyl (C=O) groups is 1. The molecule has 2 aromatic heterocycles. The number of anilines is 2. The summed E-state index contributed by atoms with van der Waals surface area (Å²) in [6.45, 7) is 5.85. The summed E-state index contributed by atoms with van der Waals surface area (Å²) in [6.07, 6.45) is 0.294. The van der Waals surface area contributed by atoms with E-state index in [0.29, 0.717) is 60.5 Å². The van der Waals surface area contributed by atoms with Crippen LogP contribution < -0.4 is 15.8 Å². The van der Waals surface area contributed by atoms with Crippen molar-refractivity contribution >= 4 is 23.1 Å². The van der Waals surface area contributed by atoms with E-state index in [1.54, 1.807) is 26.0 Å². The quantitative estimate of drug-likeness (QED) is 0.657. The lowest BCUT2D eigenvalue weighted by molar-refractivity contribution is -0.116. The molecule has 1 aliphatic heterocycles. The number of aromatic amines is 1. The zero-order valence-electron chi connectivity index (χ0n) is 16.9. The molecule has 0 saturated carbocycles. The van der Waals surface area contributed by atoms with Gasteiger partial charge in [-0.25, -0.2) is 9.37 Å². The van der Waals surface area contributed by atoms with Gasteiger partial charge in [0.05, 0.1) is 24.6 Å². The third-order valence-corrected chi connectivity index (χ3v) is 5.09. The van der Waals surface area contributed by atoms with Gasteiger partial charge in [0.25, 0.3) is 11.3 Å². The van der Waals surface area contributed by atoms with Gasteiger partial charge in [-0.15, -0.1) is 0 Å². The zero-order valence-corrected chi connectivity index (χ0v) is 16.9. The van der Waals surface area contributed by atoms with Crippen molar-refractivity contribution in [2.75, 3.05) is 36.5 Å². The normalized spacial score (nSPS) is 14.3. The van der Waals surface area contributed by atoms with Gasteiger partial charge in [0.1, 0.15) is 11.6 Å². The summed E-state index contributed by atoms with van der Waals surface area (Å²) in [5.74, 6) is 0.182. The van der Waals surface area contributed by atoms with Gasteiger partial charge in [0.15, 0.2) is 0 Å². The number of hydrogen-bond donors (Lipinski definition) is 2. The lowest BCUT2D eigenvalue weighted by Crippen LogP contribution is -2.36. The van der Waals surface area contributed by atoms with Crippen molar-refractivity contribution < 1.29 is 13.9 Å². The van der Waals surface area contributed by atoms with E-state index in [-0.39, 0.29) is 24.3 Å². The van der Waals surface area contributed by atoms with Crippen LogP contribution >= 0.6 is 0 Å². The highest BCUT2D eigenvalue weighted by Crippen LogP contribution is 2.24. The average Bonchev–Trinajstić information content (AvgIpc) is 3.09. The molecule has 3 aromatic rings. The lowest BCUT2D eigenvalue weighted by Gasteiger charge is -2.29. The number of ether oxygens (including phenoxy) is 1. The summed E-state index contributed by atoms with van der Waals surface area (Å²) in [5, 5.41) is 5.53. The number of nitrogens with one attached hydrogen (secondary N) is 2. The molecular formula is C20H23FN6O3. The van der Waals surface area contributed by atoms with Crippen LogP contribution in [-0.2, 0) is 16.0 Å². The second kappa shape index (κ2) is 8.23. The minimum absolute atomic E-state index is 0.0732. The fourth-order valence-corrected chi connectivity index (χ4v) is 3.56. The van der Waals surface area contributed by atoms with Crippen LogP contribution in [0.25, 0.3) is 5.78 Å². The van der Waals surface area contributed by atoms with Crippen LogP contribution in [0.3, 0.4) is 0 Å². The molecule has 2 N–H and O–H groups in total. The molecule has 10 heteroatoms. The largest absolute Gasteiger partial charge is 0.378 e. The van der Waals surface area contributed by atoms with E-state index in [9.17, 15) is 14.0 Å². The van der Waals surface area contributed by atoms with E-state index >= 15 is 0 Å². The van der Waals surface area contributed by atoms with Crippen LogP contribution in [0.1, 0.15) is 23.5 Å². The summed E-state index contributed by atoms with van der Waals surface area (Å²) >= 11 is 0. The number of aryl methyl sites for hydroxylation is 2. The lowest BCUT2D eigenvalue weighted by atomic mass is 10.1. The van der Waals surface area contributed by atoms with Crippen molar-refractivity contribution in [3.63, 3.8) is 0 Å². The molecule has 1 amide bonds. The fourth-order valence-electron chi connectivity index (χ4n) is 3.56. The molecule has 9 nitrogen and oxygen atoms in total. The van der Waals surface area contributed by atoms with E-state index in [2.05, 4.69) is 20.4 Å². The van der Waals surface area contributed by atoms with Gasteiger partial charge in [-0.3, -0.25) is 14.7 Å². The maximum Gasteiger partial charge on any atom is 0.277 e. The molecule has 0 unspecified atom stereocenters. The van der Waals surface area contributed by atoms with Gasteiger partial charge >= 0.3 is 0 Å². The molecule has 1 aliphatic rings. The maximum atomic E-state index is 14.5. The molecule has 0 atom stereocenters. The number of hydrogen-bond acceptors (Lipinski definition) is 6. The summed E-state index contributed by atoms with van der Waals surface area (Å²) in [5.41, 5.74) is 1.59. The van der Waals surface area contributed by atoms with Crippen molar-refractivity contribution in [1.29, 1.82) is 0 Å². The number of aromatic nitrogens is 4. The monoisotopic (exact) mass is 414 g/mol. The Kier molecular flexibility index (Phi) is 5.49. The molecule has 0 spiro atoms. The molecule has 3 heterocycles. The Hall–Kier alpha value is -3.27. The van der Waals surface area contributed by atoms with Gasteiger partial charge < -0.3 is 15.0 Å². The fraction of sp³-hybridized carbons (Fsp3) is 0.400. The molecule has 0 radical (unpaired) electrons. The molecule has 4 rings (SSSR count). The molecule has 1 saturated heterocycles. The predicted molar refractivity (Wildman–Crippen MR) is 109 cm³/mol. The third kappa shape index (κ3) is 4.04. The van der Waals surface area contributed by atoms with E-state index in [0.717, 1.165) is 0 Å². The van der Waals surface area contributed by atoms with Crippen molar-refractivity contribution in [2.24, 2.45) is 0 Å². The number of fused-ring (bicyclic) bond motifs is 1. The van der Waals surface area contributed by atoms with Crippen LogP contribution in [0, 0.1) is 19.7 Å². The predicted octanol–water partition coefficient (Wildman–Crippen LogP) is 1.58. The first-order valence-electron chi connectivity index (χ1n) is 9.79. The molecule has 1 fully saturated rings. The van der Waals surface area contributed by atoms with Crippen molar-refractivity contribution in [3.8, 4) is 0 Å². The van der Waals surface area contributed by atoms with Gasteiger partial charge in [-0.05, 0) is 38.5 Å². The SMILES string of the molecule is Cc1nc2nc(C)c(CCC(=O)Nc3ccc(N4CCOCC4)c(F)c3)c(=O)n2[nH]1. The number of halogens is 1. The van der Waals surface area contributed by atoms with E-state index in [1.165, 1.54) is 10.6 Å². The summed E-state index contributed by atoms with van der Waals surface area (Å²) in [4.78, 5) is 35.4. The first-order chi connectivity index (χ1) is 14.4. The molecule has 0 bridgehead atoms. The minimum Gasteiger partial charge on any atom is -0.378 e. The van der Waals surface area contributed by atoms with Gasteiger partial charge in [-0.2, -0.15) is 9.50 Å². The topological polar surface area (TPSA) is 105 Å². The molecular weight excluding hydrogens is 391 g/mol. The number of carbonyl (C=O) groups excluding carboxylic acids is 1. The van der Waals surface area contributed by atoms with Crippen LogP contribution in [0.5, 0.6) is 0 Å². The van der Waals surface area contributed by atoms with Crippen LogP contribution in [0.4, 0.5) is 15.8 Å². The summed E-state index contributed by atoms with van der Waals surface area (Å²) in [6, 6.07) is 4.64. The second-order valence-corrected chi connectivity index (χ2v) is 7.24. The average molecular weight is 414 g/mol. The van der Waals surface area contributed by atoms with Gasteiger partial charge in [-0.1, -0.05) is 0 Å². The maximum absolute atomic E-state index is 14.5. The van der Waals surface area contributed by atoms with E-state index < -0.39 is 5.82 Å². The van der Waals surface area contributed by atoms with E-state index in [4.69, 9.17) is 4.74 Å². The number of amides is 1. The van der Waals surface area contributed by atoms with Crippen molar-refractivity contribution in [3.05, 3.63) is 51.5 Å². The van der Waals surface area contributed by atoms with Gasteiger partial charge in [0, 0.05) is 30.8 Å². The number of morpholine rings is 1. The highest BCUT2D eigenvalue weighted by molar-refractivity contribution is 5.91. The van der Waals surface area contributed by atoms with Crippen LogP contribution in [-0.4, -0.2) is 51.8 Å². The first kappa shape index (κ1) is 20.0. The van der Waals surface area contributed by atoms with Crippen molar-refractivity contribution in [1.82, 2.24) is 19.6 Å². The molecule has 158 valence electrons. The third-order valence-electron chi connectivity index (χ3n) is 5.09. The highest BCUT2D eigenvalue weighted by Gasteiger charge is 2.17. The van der Waals surface area contributed by atoms with Crippen LogP contribution in [0.2, 0.25) is 0 Å². The smallest absolute Gasteiger partial charge is 0.277 e. The Bertz CT molecular complexity index is 1150. The van der Waals surface area contributed by atoms with E-state index in [1.807, 2.05) is 4.90 Å². The molecule has 30 heavy (non-hydrogen) atoms. The van der Waals surface area contributed by atoms with Crippen LogP contribution in [0.15, 0.2) is 23.0 Å². The Morgan fingerprint density at radius 2 is 2.03 bits per heavy atom. The Labute approximate surface area is 171 Å². The summed E-state index contributed by atoms with van der Waals surface area (Å²) in [7, 11) is 0. The first-order valence-corrected chi connectivity index (χ1v) is 9.79. The Morgan fingerprint density at radius 1 is 1.27 bits per heavy atom. The highest BCUT2D eigenvalue weighted by atomic mass is 19.1. The summed E-state index contributed by atoms with van der Waals surface area (Å²) < 4.78 is 21.1.